The highest BCUT2D eigenvalue weighted by Gasteiger charge is 2.41. The zero-order valence-electron chi connectivity index (χ0n) is 12.6. The Balaban J connectivity index is 2.04. The smallest absolute Gasteiger partial charge is 0.227 e. The Hall–Kier alpha value is -0.570. The van der Waals surface area contributed by atoms with E-state index in [0.717, 1.165) is 32.1 Å². The Labute approximate surface area is 117 Å². The molecule has 2 rings (SSSR count). The van der Waals surface area contributed by atoms with Gasteiger partial charge in [0.2, 0.25) is 5.91 Å². The summed E-state index contributed by atoms with van der Waals surface area (Å²) in [6.07, 6.45) is 10.3. The largest absolute Gasteiger partial charge is 0.352 e. The van der Waals surface area contributed by atoms with Crippen molar-refractivity contribution in [1.82, 2.24) is 5.32 Å². The molecule has 19 heavy (non-hydrogen) atoms. The molecule has 0 aliphatic heterocycles. The molecule has 110 valence electrons. The monoisotopic (exact) mass is 266 g/mol. The Morgan fingerprint density at radius 3 is 2.21 bits per heavy atom. The van der Waals surface area contributed by atoms with Crippen molar-refractivity contribution in [2.45, 2.75) is 77.7 Å². The lowest BCUT2D eigenvalue weighted by Gasteiger charge is -2.35. The molecule has 3 heteroatoms. The van der Waals surface area contributed by atoms with Crippen LogP contribution in [0.25, 0.3) is 0 Å². The summed E-state index contributed by atoms with van der Waals surface area (Å²) in [6, 6.07) is 0.340. The summed E-state index contributed by atoms with van der Waals surface area (Å²) in [5.41, 5.74) is 5.95. The maximum Gasteiger partial charge on any atom is 0.227 e. The molecule has 0 aromatic carbocycles. The maximum absolute atomic E-state index is 12.8. The molecular formula is C16H30N2O. The summed E-state index contributed by atoms with van der Waals surface area (Å²) < 4.78 is 0. The van der Waals surface area contributed by atoms with E-state index in [1.807, 2.05) is 0 Å². The van der Waals surface area contributed by atoms with Crippen LogP contribution in [0.5, 0.6) is 0 Å². The van der Waals surface area contributed by atoms with Gasteiger partial charge < -0.3 is 11.1 Å². The molecule has 2 fully saturated rings. The number of amides is 1. The van der Waals surface area contributed by atoms with Crippen LogP contribution in [-0.4, -0.2) is 18.5 Å². The summed E-state index contributed by atoms with van der Waals surface area (Å²) in [5.74, 6) is 0.233. The van der Waals surface area contributed by atoms with E-state index in [9.17, 15) is 4.79 Å². The third-order valence-corrected chi connectivity index (χ3v) is 5.50. The minimum absolute atomic E-state index is 0.233. The van der Waals surface area contributed by atoms with E-state index < -0.39 is 0 Å². The van der Waals surface area contributed by atoms with Crippen molar-refractivity contribution >= 4 is 5.91 Å². The molecule has 3 N–H and O–H groups in total. The third kappa shape index (κ3) is 3.13. The molecule has 2 aliphatic rings. The molecule has 0 heterocycles. The van der Waals surface area contributed by atoms with Crippen molar-refractivity contribution in [2.75, 3.05) is 6.54 Å². The average Bonchev–Trinajstić information content (AvgIpc) is 2.60. The number of nitrogens with one attached hydrogen (secondary N) is 1. The van der Waals surface area contributed by atoms with E-state index in [-0.39, 0.29) is 16.7 Å². The van der Waals surface area contributed by atoms with Crippen LogP contribution in [0.15, 0.2) is 0 Å². The molecule has 0 spiro atoms. The van der Waals surface area contributed by atoms with Gasteiger partial charge in [-0.1, -0.05) is 46.0 Å². The van der Waals surface area contributed by atoms with E-state index in [2.05, 4.69) is 19.2 Å². The summed E-state index contributed by atoms with van der Waals surface area (Å²) in [4.78, 5) is 12.8. The SMILES string of the molecule is CC1(C)CCCC1NC(=O)C1(CN)CCCCCC1. The maximum atomic E-state index is 12.8. The van der Waals surface area contributed by atoms with Crippen molar-refractivity contribution in [1.29, 1.82) is 0 Å². The normalized spacial score (nSPS) is 29.7. The van der Waals surface area contributed by atoms with Crippen molar-refractivity contribution in [3.05, 3.63) is 0 Å². The quantitative estimate of drug-likeness (QED) is 0.772. The standard InChI is InChI=1S/C16H30N2O/c1-15(2)9-7-8-13(15)18-14(19)16(12-17)10-5-3-4-6-11-16/h13H,3-12,17H2,1-2H3,(H,18,19). The minimum atomic E-state index is -0.283. The fourth-order valence-electron chi connectivity index (χ4n) is 3.83. The molecule has 0 aromatic rings. The van der Waals surface area contributed by atoms with Crippen LogP contribution in [0.3, 0.4) is 0 Å². The lowest BCUT2D eigenvalue weighted by atomic mass is 9.78. The van der Waals surface area contributed by atoms with Crippen LogP contribution in [0, 0.1) is 10.8 Å². The molecule has 3 nitrogen and oxygen atoms in total. The number of carbonyl (C=O) groups is 1. The number of carbonyl (C=O) groups excluding carboxylic acids is 1. The minimum Gasteiger partial charge on any atom is -0.352 e. The van der Waals surface area contributed by atoms with Gasteiger partial charge >= 0.3 is 0 Å². The highest BCUT2D eigenvalue weighted by atomic mass is 16.2. The van der Waals surface area contributed by atoms with Crippen LogP contribution in [0.4, 0.5) is 0 Å². The molecule has 0 bridgehead atoms. The van der Waals surface area contributed by atoms with Crippen molar-refractivity contribution in [3.8, 4) is 0 Å². The molecule has 0 saturated heterocycles. The number of hydrogen-bond donors (Lipinski definition) is 2. The van der Waals surface area contributed by atoms with E-state index in [0.29, 0.717) is 12.6 Å². The van der Waals surface area contributed by atoms with Gasteiger partial charge in [-0.15, -0.1) is 0 Å². The first kappa shape index (κ1) is 14.8. The van der Waals surface area contributed by atoms with Crippen LogP contribution in [0.1, 0.15) is 71.6 Å². The lowest BCUT2D eigenvalue weighted by molar-refractivity contribution is -0.132. The van der Waals surface area contributed by atoms with Crippen molar-refractivity contribution in [2.24, 2.45) is 16.6 Å². The Kier molecular flexibility index (Phi) is 4.54. The second-order valence-corrected chi connectivity index (χ2v) is 7.31. The van der Waals surface area contributed by atoms with Gasteiger partial charge in [-0.25, -0.2) is 0 Å². The van der Waals surface area contributed by atoms with Gasteiger partial charge in [0, 0.05) is 12.6 Å². The molecule has 1 amide bonds. The van der Waals surface area contributed by atoms with Gasteiger partial charge in [-0.3, -0.25) is 4.79 Å². The Morgan fingerprint density at radius 1 is 1.11 bits per heavy atom. The summed E-state index contributed by atoms with van der Waals surface area (Å²) in [5, 5.41) is 3.34. The fraction of sp³-hybridized carbons (Fsp3) is 0.938. The Morgan fingerprint density at radius 2 is 1.74 bits per heavy atom. The molecule has 0 aromatic heterocycles. The van der Waals surface area contributed by atoms with Gasteiger partial charge in [0.1, 0.15) is 0 Å². The number of nitrogens with two attached hydrogens (primary N) is 1. The molecule has 1 atom stereocenters. The van der Waals surface area contributed by atoms with E-state index in [1.54, 1.807) is 0 Å². The van der Waals surface area contributed by atoms with Gasteiger partial charge in [0.15, 0.2) is 0 Å². The molecule has 2 aliphatic carbocycles. The second kappa shape index (κ2) is 5.82. The topological polar surface area (TPSA) is 55.1 Å². The first-order chi connectivity index (χ1) is 9.00. The van der Waals surface area contributed by atoms with E-state index in [4.69, 9.17) is 5.73 Å². The van der Waals surface area contributed by atoms with Crippen LogP contribution in [-0.2, 0) is 4.79 Å². The van der Waals surface area contributed by atoms with E-state index in [1.165, 1.54) is 25.7 Å². The van der Waals surface area contributed by atoms with Gasteiger partial charge in [-0.05, 0) is 31.1 Å². The predicted molar refractivity (Wildman–Crippen MR) is 78.8 cm³/mol. The van der Waals surface area contributed by atoms with Crippen molar-refractivity contribution in [3.63, 3.8) is 0 Å². The summed E-state index contributed by atoms with van der Waals surface area (Å²) >= 11 is 0. The highest BCUT2D eigenvalue weighted by molar-refractivity contribution is 5.83. The summed E-state index contributed by atoms with van der Waals surface area (Å²) in [6.45, 7) is 5.05. The zero-order valence-corrected chi connectivity index (χ0v) is 12.6. The lowest BCUT2D eigenvalue weighted by Crippen LogP contribution is -2.51. The van der Waals surface area contributed by atoms with Crippen LogP contribution in [0.2, 0.25) is 0 Å². The fourth-order valence-corrected chi connectivity index (χ4v) is 3.83. The van der Waals surface area contributed by atoms with Gasteiger partial charge in [0.05, 0.1) is 5.41 Å². The van der Waals surface area contributed by atoms with E-state index >= 15 is 0 Å². The third-order valence-electron chi connectivity index (χ3n) is 5.50. The molecule has 0 radical (unpaired) electrons. The first-order valence-corrected chi connectivity index (χ1v) is 8.01. The molecule has 2 saturated carbocycles. The Bertz CT molecular complexity index is 317. The number of hydrogen-bond acceptors (Lipinski definition) is 2. The van der Waals surface area contributed by atoms with Gasteiger partial charge in [-0.2, -0.15) is 0 Å². The van der Waals surface area contributed by atoms with Crippen molar-refractivity contribution < 1.29 is 4.79 Å². The average molecular weight is 266 g/mol. The van der Waals surface area contributed by atoms with Gasteiger partial charge in [0.25, 0.3) is 0 Å². The summed E-state index contributed by atoms with van der Waals surface area (Å²) in [7, 11) is 0. The highest BCUT2D eigenvalue weighted by Crippen LogP contribution is 2.39. The van der Waals surface area contributed by atoms with Crippen LogP contribution >= 0.6 is 0 Å². The zero-order chi connectivity index (χ0) is 13.9. The number of rotatable bonds is 3. The second-order valence-electron chi connectivity index (χ2n) is 7.31. The van der Waals surface area contributed by atoms with Crippen LogP contribution < -0.4 is 11.1 Å². The first-order valence-electron chi connectivity index (χ1n) is 8.01. The predicted octanol–water partition coefficient (Wildman–Crippen LogP) is 2.98. The molecular weight excluding hydrogens is 236 g/mol. The molecule has 1 unspecified atom stereocenters.